The molecule has 18 heavy (non-hydrogen) atoms. The molecule has 0 spiro atoms. The number of aliphatic hydroxyl groups is 1. The average Bonchev–Trinajstić information content (AvgIpc) is 2.32. The molecular weight excluding hydrogens is 236 g/mol. The van der Waals surface area contributed by atoms with Crippen LogP contribution in [-0.4, -0.2) is 53.4 Å². The second-order valence-electron chi connectivity index (χ2n) is 4.36. The van der Waals surface area contributed by atoms with Crippen LogP contribution in [0.15, 0.2) is 0 Å². The van der Waals surface area contributed by atoms with Crippen LogP contribution in [0.2, 0.25) is 0 Å². The number of carbonyl (C=O) groups excluding carboxylic acids is 1. The molecule has 0 heterocycles. The Hall–Kier alpha value is -1.30. The van der Waals surface area contributed by atoms with Crippen molar-refractivity contribution in [2.45, 2.75) is 45.1 Å². The van der Waals surface area contributed by atoms with Gasteiger partial charge in [0.25, 0.3) is 0 Å². The second-order valence-corrected chi connectivity index (χ2v) is 4.36. The van der Waals surface area contributed by atoms with Crippen molar-refractivity contribution >= 4 is 12.0 Å². The van der Waals surface area contributed by atoms with Gasteiger partial charge in [-0.3, -0.25) is 4.79 Å². The SMILES string of the molecule is CCC(CC(=O)O)NC(=O)N(C)CCCCCO. The molecule has 0 aromatic rings. The third kappa shape index (κ3) is 7.89. The van der Waals surface area contributed by atoms with Crippen LogP contribution >= 0.6 is 0 Å². The van der Waals surface area contributed by atoms with Gasteiger partial charge in [0.05, 0.1) is 6.42 Å². The molecule has 0 saturated heterocycles. The van der Waals surface area contributed by atoms with Gasteiger partial charge < -0.3 is 20.4 Å². The summed E-state index contributed by atoms with van der Waals surface area (Å²) < 4.78 is 0. The summed E-state index contributed by atoms with van der Waals surface area (Å²) in [6, 6.07) is -0.568. The van der Waals surface area contributed by atoms with E-state index in [2.05, 4.69) is 5.32 Å². The first kappa shape index (κ1) is 16.7. The van der Waals surface area contributed by atoms with Gasteiger partial charge in [0.2, 0.25) is 0 Å². The monoisotopic (exact) mass is 260 g/mol. The van der Waals surface area contributed by atoms with Crippen molar-refractivity contribution in [2.75, 3.05) is 20.2 Å². The molecule has 6 heteroatoms. The third-order valence-corrected chi connectivity index (χ3v) is 2.74. The van der Waals surface area contributed by atoms with Gasteiger partial charge in [-0.25, -0.2) is 4.79 Å². The minimum Gasteiger partial charge on any atom is -0.481 e. The molecule has 0 rings (SSSR count). The highest BCUT2D eigenvalue weighted by molar-refractivity contribution is 5.75. The normalized spacial score (nSPS) is 11.9. The van der Waals surface area contributed by atoms with Gasteiger partial charge in [-0.1, -0.05) is 6.92 Å². The van der Waals surface area contributed by atoms with Gasteiger partial charge in [-0.2, -0.15) is 0 Å². The molecule has 0 fully saturated rings. The first-order valence-electron chi connectivity index (χ1n) is 6.35. The van der Waals surface area contributed by atoms with Crippen LogP contribution in [0, 0.1) is 0 Å². The zero-order valence-corrected chi connectivity index (χ0v) is 11.2. The van der Waals surface area contributed by atoms with E-state index in [1.54, 1.807) is 11.9 Å². The Morgan fingerprint density at radius 2 is 1.94 bits per heavy atom. The van der Waals surface area contributed by atoms with E-state index in [1.807, 2.05) is 6.92 Å². The molecule has 3 N–H and O–H groups in total. The molecule has 0 aliphatic carbocycles. The number of urea groups is 1. The van der Waals surface area contributed by atoms with Crippen LogP contribution < -0.4 is 5.32 Å². The zero-order valence-electron chi connectivity index (χ0n) is 11.2. The minimum absolute atomic E-state index is 0.0550. The summed E-state index contributed by atoms with van der Waals surface area (Å²) in [4.78, 5) is 23.8. The molecule has 0 bridgehead atoms. The first-order chi connectivity index (χ1) is 8.51. The van der Waals surface area contributed by atoms with Crippen molar-refractivity contribution in [1.82, 2.24) is 10.2 Å². The predicted molar refractivity (Wildman–Crippen MR) is 68.4 cm³/mol. The van der Waals surface area contributed by atoms with Gasteiger partial charge >= 0.3 is 12.0 Å². The quantitative estimate of drug-likeness (QED) is 0.540. The number of aliphatic carboxylic acids is 1. The van der Waals surface area contributed by atoms with Gasteiger partial charge in [0.15, 0.2) is 0 Å². The summed E-state index contributed by atoms with van der Waals surface area (Å²) in [6.07, 6.45) is 2.99. The smallest absolute Gasteiger partial charge is 0.317 e. The number of rotatable bonds is 9. The van der Waals surface area contributed by atoms with Crippen LogP contribution in [0.1, 0.15) is 39.0 Å². The summed E-state index contributed by atoms with van der Waals surface area (Å²) in [6.45, 7) is 2.62. The topological polar surface area (TPSA) is 89.9 Å². The van der Waals surface area contributed by atoms with E-state index in [-0.39, 0.29) is 25.1 Å². The van der Waals surface area contributed by atoms with Crippen molar-refractivity contribution in [3.63, 3.8) is 0 Å². The van der Waals surface area contributed by atoms with E-state index in [9.17, 15) is 9.59 Å². The minimum atomic E-state index is -0.909. The molecule has 0 aromatic carbocycles. The van der Waals surface area contributed by atoms with Crippen molar-refractivity contribution in [3.8, 4) is 0 Å². The van der Waals surface area contributed by atoms with Gasteiger partial charge in [0.1, 0.15) is 0 Å². The predicted octanol–water partition coefficient (Wildman–Crippen LogP) is 1.04. The first-order valence-corrected chi connectivity index (χ1v) is 6.35. The van der Waals surface area contributed by atoms with Crippen LogP contribution in [0.3, 0.4) is 0 Å². The van der Waals surface area contributed by atoms with E-state index < -0.39 is 5.97 Å². The molecule has 6 nitrogen and oxygen atoms in total. The lowest BCUT2D eigenvalue weighted by molar-refractivity contribution is -0.137. The Bertz CT molecular complexity index is 258. The maximum Gasteiger partial charge on any atom is 0.317 e. The number of unbranched alkanes of at least 4 members (excludes halogenated alkanes) is 2. The van der Waals surface area contributed by atoms with E-state index in [0.717, 1.165) is 19.3 Å². The fourth-order valence-electron chi connectivity index (χ4n) is 1.53. The average molecular weight is 260 g/mol. The summed E-state index contributed by atoms with van der Waals surface area (Å²) in [7, 11) is 1.68. The number of aliphatic hydroxyl groups excluding tert-OH is 1. The fourth-order valence-corrected chi connectivity index (χ4v) is 1.53. The molecule has 1 atom stereocenters. The van der Waals surface area contributed by atoms with E-state index in [4.69, 9.17) is 10.2 Å². The highest BCUT2D eigenvalue weighted by Crippen LogP contribution is 2.01. The summed E-state index contributed by atoms with van der Waals surface area (Å²) >= 11 is 0. The van der Waals surface area contributed by atoms with E-state index >= 15 is 0 Å². The van der Waals surface area contributed by atoms with Crippen LogP contribution in [0.4, 0.5) is 4.79 Å². The summed E-state index contributed by atoms with van der Waals surface area (Å²) in [5.41, 5.74) is 0. The Balaban J connectivity index is 3.93. The standard InChI is InChI=1S/C12H24N2O4/c1-3-10(9-11(16)17)13-12(18)14(2)7-5-4-6-8-15/h10,15H,3-9H2,1-2H3,(H,13,18)(H,16,17). The van der Waals surface area contributed by atoms with Crippen LogP contribution in [-0.2, 0) is 4.79 Å². The van der Waals surface area contributed by atoms with Crippen molar-refractivity contribution in [2.24, 2.45) is 0 Å². The molecule has 2 amide bonds. The number of amides is 2. The lowest BCUT2D eigenvalue weighted by Gasteiger charge is -2.22. The van der Waals surface area contributed by atoms with Crippen LogP contribution in [0.25, 0.3) is 0 Å². The highest BCUT2D eigenvalue weighted by Gasteiger charge is 2.16. The largest absolute Gasteiger partial charge is 0.481 e. The number of carbonyl (C=O) groups is 2. The zero-order chi connectivity index (χ0) is 14.0. The molecule has 0 aliphatic heterocycles. The summed E-state index contributed by atoms with van der Waals surface area (Å²) in [5, 5.41) is 20.0. The Morgan fingerprint density at radius 3 is 2.44 bits per heavy atom. The number of hydrogen-bond acceptors (Lipinski definition) is 3. The van der Waals surface area contributed by atoms with Gasteiger partial charge in [-0.05, 0) is 25.7 Å². The van der Waals surface area contributed by atoms with E-state index in [0.29, 0.717) is 13.0 Å². The van der Waals surface area contributed by atoms with Crippen molar-refractivity contribution in [3.05, 3.63) is 0 Å². The molecule has 106 valence electrons. The number of nitrogens with one attached hydrogen (secondary N) is 1. The van der Waals surface area contributed by atoms with Crippen molar-refractivity contribution in [1.29, 1.82) is 0 Å². The Morgan fingerprint density at radius 1 is 1.28 bits per heavy atom. The van der Waals surface area contributed by atoms with E-state index in [1.165, 1.54) is 0 Å². The molecular formula is C12H24N2O4. The van der Waals surface area contributed by atoms with Crippen molar-refractivity contribution < 1.29 is 19.8 Å². The lowest BCUT2D eigenvalue weighted by Crippen LogP contribution is -2.44. The maximum absolute atomic E-state index is 11.7. The molecule has 0 saturated carbocycles. The second kappa shape index (κ2) is 9.70. The number of hydrogen-bond donors (Lipinski definition) is 3. The fraction of sp³-hybridized carbons (Fsp3) is 0.833. The molecule has 1 unspecified atom stereocenters. The molecule has 0 aliphatic rings. The van der Waals surface area contributed by atoms with Gasteiger partial charge in [0, 0.05) is 26.2 Å². The van der Waals surface area contributed by atoms with Gasteiger partial charge in [-0.15, -0.1) is 0 Å². The highest BCUT2D eigenvalue weighted by atomic mass is 16.4. The Labute approximate surface area is 108 Å². The Kier molecular flexibility index (Phi) is 9.00. The summed E-state index contributed by atoms with van der Waals surface area (Å²) in [5.74, 6) is -0.909. The molecule has 0 radical (unpaired) electrons. The number of carboxylic acid groups (broad SMARTS) is 1. The number of nitrogens with zero attached hydrogens (tertiary/aromatic N) is 1. The third-order valence-electron chi connectivity index (χ3n) is 2.74. The lowest BCUT2D eigenvalue weighted by atomic mass is 10.1. The maximum atomic E-state index is 11.7. The van der Waals surface area contributed by atoms with Crippen LogP contribution in [0.5, 0.6) is 0 Å². The number of carboxylic acids is 1. The molecule has 0 aromatic heterocycles.